The third kappa shape index (κ3) is 1.88. The van der Waals surface area contributed by atoms with Crippen LogP contribution in [0.1, 0.15) is 24.0 Å². The largest absolute Gasteiger partial charge is 0.338 e. The Bertz CT molecular complexity index is 615. The van der Waals surface area contributed by atoms with Gasteiger partial charge in [0.25, 0.3) is 0 Å². The van der Waals surface area contributed by atoms with E-state index in [0.29, 0.717) is 13.0 Å². The summed E-state index contributed by atoms with van der Waals surface area (Å²) in [4.78, 5) is 13.6. The molecule has 0 N–H and O–H groups in total. The number of amides is 1. The Balaban J connectivity index is 2.02. The number of nitrogens with zero attached hydrogens (tertiary/aromatic N) is 3. The van der Waals surface area contributed by atoms with E-state index in [2.05, 4.69) is 24.2 Å². The maximum absolute atomic E-state index is 11.7. The lowest BCUT2D eigenvalue weighted by Crippen LogP contribution is -2.24. The molecule has 4 nitrogen and oxygen atoms in total. The average Bonchev–Trinajstić information content (AvgIpc) is 2.85. The molecule has 0 saturated carbocycles. The second-order valence-corrected chi connectivity index (χ2v) is 5.08. The van der Waals surface area contributed by atoms with Crippen molar-refractivity contribution in [3.63, 3.8) is 0 Å². The predicted octanol–water partition coefficient (Wildman–Crippen LogP) is 2.00. The summed E-state index contributed by atoms with van der Waals surface area (Å²) >= 11 is 0. The first kappa shape index (κ1) is 11.3. The summed E-state index contributed by atoms with van der Waals surface area (Å²) in [6.07, 6.45) is 3.70. The van der Waals surface area contributed by atoms with Gasteiger partial charge in [0.1, 0.15) is 0 Å². The number of fused-ring (bicyclic) bond motifs is 1. The number of likely N-dealkylation sites (tertiary alicyclic amines) is 1. The maximum atomic E-state index is 11.7. The van der Waals surface area contributed by atoms with Crippen LogP contribution in [-0.2, 0) is 18.4 Å². The molecule has 0 atom stereocenters. The summed E-state index contributed by atoms with van der Waals surface area (Å²) < 4.78 is 1.83. The molecule has 18 heavy (non-hydrogen) atoms. The van der Waals surface area contributed by atoms with Gasteiger partial charge in [-0.15, -0.1) is 0 Å². The summed E-state index contributed by atoms with van der Waals surface area (Å²) in [5.74, 6) is 0.264. The standard InChI is InChI=1S/C14H17N3O/c1-10-6-11-8-16(2)15-14(11)12(7-10)9-17-5-3-4-13(17)18/h6-8H,3-5,9H2,1-2H3. The quantitative estimate of drug-likeness (QED) is 0.809. The second kappa shape index (κ2) is 4.12. The van der Waals surface area contributed by atoms with E-state index < -0.39 is 0 Å². The zero-order valence-electron chi connectivity index (χ0n) is 10.8. The van der Waals surface area contributed by atoms with Crippen LogP contribution in [0.3, 0.4) is 0 Å². The number of carbonyl (C=O) groups excluding carboxylic acids is 1. The number of benzene rings is 1. The van der Waals surface area contributed by atoms with E-state index in [-0.39, 0.29) is 5.91 Å². The SMILES string of the molecule is Cc1cc(CN2CCCC2=O)c2nn(C)cc2c1. The van der Waals surface area contributed by atoms with Gasteiger partial charge in [0.2, 0.25) is 5.91 Å². The van der Waals surface area contributed by atoms with E-state index in [1.165, 1.54) is 5.56 Å². The third-order valence-corrected chi connectivity index (χ3v) is 3.48. The van der Waals surface area contributed by atoms with Crippen molar-refractivity contribution in [1.29, 1.82) is 0 Å². The number of rotatable bonds is 2. The predicted molar refractivity (Wildman–Crippen MR) is 70.1 cm³/mol. The molecular weight excluding hydrogens is 226 g/mol. The molecule has 1 fully saturated rings. The Morgan fingerprint density at radius 1 is 1.39 bits per heavy atom. The normalized spacial score (nSPS) is 15.9. The minimum absolute atomic E-state index is 0.264. The molecule has 1 aliphatic heterocycles. The molecule has 94 valence electrons. The van der Waals surface area contributed by atoms with Gasteiger partial charge in [-0.1, -0.05) is 6.07 Å². The summed E-state index contributed by atoms with van der Waals surface area (Å²) in [7, 11) is 1.93. The van der Waals surface area contributed by atoms with E-state index in [0.717, 1.165) is 29.4 Å². The lowest BCUT2D eigenvalue weighted by Gasteiger charge is -2.16. The molecule has 3 rings (SSSR count). The van der Waals surface area contributed by atoms with Crippen LogP contribution in [0.4, 0.5) is 0 Å². The molecule has 1 saturated heterocycles. The molecule has 1 amide bonds. The van der Waals surface area contributed by atoms with E-state index in [4.69, 9.17) is 0 Å². The van der Waals surface area contributed by atoms with Crippen LogP contribution in [0.15, 0.2) is 18.3 Å². The minimum atomic E-state index is 0.264. The van der Waals surface area contributed by atoms with E-state index >= 15 is 0 Å². The first-order valence-corrected chi connectivity index (χ1v) is 6.34. The summed E-state index contributed by atoms with van der Waals surface area (Å²) in [6, 6.07) is 4.28. The zero-order chi connectivity index (χ0) is 12.7. The molecule has 0 bridgehead atoms. The molecular formula is C14H17N3O. The van der Waals surface area contributed by atoms with Crippen molar-refractivity contribution in [1.82, 2.24) is 14.7 Å². The molecule has 4 heteroatoms. The second-order valence-electron chi connectivity index (χ2n) is 5.08. The number of carbonyl (C=O) groups is 1. The van der Waals surface area contributed by atoms with Crippen molar-refractivity contribution in [2.75, 3.05) is 6.54 Å². The first-order valence-electron chi connectivity index (χ1n) is 6.34. The van der Waals surface area contributed by atoms with Crippen molar-refractivity contribution in [2.24, 2.45) is 7.05 Å². The van der Waals surface area contributed by atoms with Crippen LogP contribution >= 0.6 is 0 Å². The van der Waals surface area contributed by atoms with Crippen molar-refractivity contribution in [3.8, 4) is 0 Å². The fraction of sp³-hybridized carbons (Fsp3) is 0.429. The monoisotopic (exact) mass is 243 g/mol. The van der Waals surface area contributed by atoms with Crippen LogP contribution in [0.25, 0.3) is 10.9 Å². The van der Waals surface area contributed by atoms with Crippen molar-refractivity contribution < 1.29 is 4.79 Å². The maximum Gasteiger partial charge on any atom is 0.222 e. The van der Waals surface area contributed by atoms with Crippen LogP contribution in [0.5, 0.6) is 0 Å². The van der Waals surface area contributed by atoms with Gasteiger partial charge in [0.15, 0.2) is 0 Å². The van der Waals surface area contributed by atoms with Crippen molar-refractivity contribution in [3.05, 3.63) is 29.5 Å². The lowest BCUT2D eigenvalue weighted by molar-refractivity contribution is -0.128. The highest BCUT2D eigenvalue weighted by atomic mass is 16.2. The molecule has 2 heterocycles. The molecule has 2 aromatic rings. The van der Waals surface area contributed by atoms with E-state index in [1.807, 2.05) is 22.8 Å². The molecule has 1 aromatic carbocycles. The molecule has 0 aliphatic carbocycles. The smallest absolute Gasteiger partial charge is 0.222 e. The highest BCUT2D eigenvalue weighted by molar-refractivity contribution is 5.83. The molecule has 1 aromatic heterocycles. The summed E-state index contributed by atoms with van der Waals surface area (Å²) in [5.41, 5.74) is 3.39. The Morgan fingerprint density at radius 3 is 2.94 bits per heavy atom. The minimum Gasteiger partial charge on any atom is -0.338 e. The highest BCUT2D eigenvalue weighted by Gasteiger charge is 2.21. The number of aromatic nitrogens is 2. The molecule has 1 aliphatic rings. The van der Waals surface area contributed by atoms with Gasteiger partial charge >= 0.3 is 0 Å². The fourth-order valence-corrected chi connectivity index (χ4v) is 2.69. The van der Waals surface area contributed by atoms with Crippen LogP contribution in [0.2, 0.25) is 0 Å². The first-order chi connectivity index (χ1) is 8.63. The van der Waals surface area contributed by atoms with Crippen LogP contribution in [0, 0.1) is 6.92 Å². The zero-order valence-corrected chi connectivity index (χ0v) is 10.8. The molecule has 0 unspecified atom stereocenters. The Morgan fingerprint density at radius 2 is 2.22 bits per heavy atom. The number of aryl methyl sites for hydroxylation is 2. The lowest BCUT2D eigenvalue weighted by atomic mass is 10.1. The van der Waals surface area contributed by atoms with Crippen LogP contribution in [-0.4, -0.2) is 27.1 Å². The van der Waals surface area contributed by atoms with E-state index in [9.17, 15) is 4.79 Å². The third-order valence-electron chi connectivity index (χ3n) is 3.48. The number of hydrogen-bond acceptors (Lipinski definition) is 2. The van der Waals surface area contributed by atoms with Gasteiger partial charge in [-0.3, -0.25) is 9.48 Å². The topological polar surface area (TPSA) is 38.1 Å². The molecule has 0 spiro atoms. The Kier molecular flexibility index (Phi) is 2.58. The van der Waals surface area contributed by atoms with Gasteiger partial charge < -0.3 is 4.90 Å². The summed E-state index contributed by atoms with van der Waals surface area (Å²) in [6.45, 7) is 3.65. The van der Waals surface area contributed by atoms with Gasteiger partial charge in [-0.25, -0.2) is 0 Å². The Hall–Kier alpha value is -1.84. The Labute approximate surface area is 106 Å². The van der Waals surface area contributed by atoms with E-state index in [1.54, 1.807) is 0 Å². The van der Waals surface area contributed by atoms with Crippen LogP contribution < -0.4 is 0 Å². The van der Waals surface area contributed by atoms with Crippen molar-refractivity contribution >= 4 is 16.8 Å². The van der Waals surface area contributed by atoms with Gasteiger partial charge in [-0.2, -0.15) is 5.10 Å². The molecule has 0 radical (unpaired) electrons. The fourth-order valence-electron chi connectivity index (χ4n) is 2.69. The average molecular weight is 243 g/mol. The highest BCUT2D eigenvalue weighted by Crippen LogP contribution is 2.22. The van der Waals surface area contributed by atoms with Gasteiger partial charge in [0, 0.05) is 38.1 Å². The summed E-state index contributed by atoms with van der Waals surface area (Å²) in [5, 5.41) is 5.65. The van der Waals surface area contributed by atoms with Crippen molar-refractivity contribution in [2.45, 2.75) is 26.3 Å². The number of hydrogen-bond donors (Lipinski definition) is 0. The van der Waals surface area contributed by atoms with Gasteiger partial charge in [-0.05, 0) is 30.5 Å². The van der Waals surface area contributed by atoms with Gasteiger partial charge in [0.05, 0.1) is 5.52 Å².